The first-order valence-electron chi connectivity index (χ1n) is 10.1. The molecule has 2 fully saturated rings. The van der Waals surface area contributed by atoms with Crippen molar-refractivity contribution in [2.24, 2.45) is 17.8 Å². The number of anilines is 1. The number of carbonyl (C=O) groups excluding carboxylic acids is 1. The zero-order valence-electron chi connectivity index (χ0n) is 16.6. The van der Waals surface area contributed by atoms with E-state index in [-0.39, 0.29) is 22.5 Å². The molecule has 4 rings (SSSR count). The van der Waals surface area contributed by atoms with Gasteiger partial charge in [0.25, 0.3) is 15.9 Å². The molecule has 0 aliphatic heterocycles. The number of carbonyl (C=O) groups is 1. The van der Waals surface area contributed by atoms with Crippen LogP contribution in [-0.2, 0) is 10.0 Å². The third-order valence-electron chi connectivity index (χ3n) is 6.39. The van der Waals surface area contributed by atoms with Gasteiger partial charge in [-0.1, -0.05) is 6.42 Å². The third-order valence-corrected chi connectivity index (χ3v) is 7.77. The van der Waals surface area contributed by atoms with Gasteiger partial charge in [0.05, 0.1) is 4.90 Å². The van der Waals surface area contributed by atoms with Crippen LogP contribution in [0.2, 0.25) is 0 Å². The Hall–Kier alpha value is -2.48. The molecule has 5 nitrogen and oxygen atoms in total. The standard InChI is InChI=1S/C22H24F2N2O3S/c1-13(19-11-14-2-3-16(19)10-14)25-22(27)15-4-6-17(7-5-15)26-30(28,29)18-8-9-20(23)21(24)12-18/h4-9,12-14,16,19,26H,2-3,10-11H2,1H3,(H,25,27). The van der Waals surface area contributed by atoms with Gasteiger partial charge in [0.1, 0.15) is 0 Å². The van der Waals surface area contributed by atoms with Gasteiger partial charge in [-0.05, 0) is 86.4 Å². The van der Waals surface area contributed by atoms with Gasteiger partial charge in [0.2, 0.25) is 0 Å². The second kappa shape index (κ2) is 7.98. The van der Waals surface area contributed by atoms with Gasteiger partial charge in [-0.2, -0.15) is 0 Å². The smallest absolute Gasteiger partial charge is 0.261 e. The van der Waals surface area contributed by atoms with E-state index < -0.39 is 21.7 Å². The van der Waals surface area contributed by atoms with Crippen LogP contribution in [0.5, 0.6) is 0 Å². The van der Waals surface area contributed by atoms with E-state index in [0.29, 0.717) is 23.5 Å². The van der Waals surface area contributed by atoms with Crippen LogP contribution in [0.25, 0.3) is 0 Å². The number of rotatable bonds is 6. The molecule has 160 valence electrons. The van der Waals surface area contributed by atoms with E-state index in [2.05, 4.69) is 10.0 Å². The van der Waals surface area contributed by atoms with Crippen LogP contribution >= 0.6 is 0 Å². The number of halogens is 2. The summed E-state index contributed by atoms with van der Waals surface area (Å²) in [6, 6.07) is 8.46. The van der Waals surface area contributed by atoms with Gasteiger partial charge in [0, 0.05) is 17.3 Å². The molecular formula is C22H24F2N2O3S. The first-order chi connectivity index (χ1) is 14.2. The molecule has 2 aliphatic carbocycles. The minimum atomic E-state index is -4.08. The predicted octanol–water partition coefficient (Wildman–Crippen LogP) is 4.32. The van der Waals surface area contributed by atoms with Crippen molar-refractivity contribution in [2.45, 2.75) is 43.5 Å². The van der Waals surface area contributed by atoms with Crippen LogP contribution in [0.4, 0.5) is 14.5 Å². The zero-order valence-corrected chi connectivity index (χ0v) is 17.4. The van der Waals surface area contributed by atoms with Gasteiger partial charge < -0.3 is 5.32 Å². The summed E-state index contributed by atoms with van der Waals surface area (Å²) in [5, 5.41) is 3.07. The minimum Gasteiger partial charge on any atom is -0.349 e. The van der Waals surface area contributed by atoms with E-state index in [4.69, 9.17) is 0 Å². The molecule has 2 aliphatic rings. The van der Waals surface area contributed by atoms with Crippen LogP contribution in [-0.4, -0.2) is 20.4 Å². The molecule has 2 bridgehead atoms. The summed E-state index contributed by atoms with van der Waals surface area (Å²) in [5.41, 5.74) is 0.651. The van der Waals surface area contributed by atoms with Gasteiger partial charge in [-0.25, -0.2) is 17.2 Å². The number of hydrogen-bond acceptors (Lipinski definition) is 3. The summed E-state index contributed by atoms with van der Waals surface area (Å²) >= 11 is 0. The summed E-state index contributed by atoms with van der Waals surface area (Å²) in [4.78, 5) is 12.2. The first-order valence-corrected chi connectivity index (χ1v) is 11.6. The number of nitrogens with one attached hydrogen (secondary N) is 2. The molecule has 30 heavy (non-hydrogen) atoms. The SMILES string of the molecule is CC(NC(=O)c1ccc(NS(=O)(=O)c2ccc(F)c(F)c2)cc1)C1CC2CCC1C2. The highest BCUT2D eigenvalue weighted by Gasteiger charge is 2.42. The van der Waals surface area contributed by atoms with Crippen molar-refractivity contribution in [1.29, 1.82) is 0 Å². The Morgan fingerprint density at radius 2 is 1.77 bits per heavy atom. The van der Waals surface area contributed by atoms with Crippen molar-refractivity contribution >= 4 is 21.6 Å². The van der Waals surface area contributed by atoms with Crippen molar-refractivity contribution in [3.63, 3.8) is 0 Å². The molecule has 2 N–H and O–H groups in total. The van der Waals surface area contributed by atoms with Gasteiger partial charge in [0.15, 0.2) is 11.6 Å². The average Bonchev–Trinajstić information content (AvgIpc) is 3.34. The van der Waals surface area contributed by atoms with E-state index in [1.165, 1.54) is 49.9 Å². The Balaban J connectivity index is 1.39. The molecule has 1 amide bonds. The lowest BCUT2D eigenvalue weighted by atomic mass is 9.84. The van der Waals surface area contributed by atoms with Gasteiger partial charge in [-0.15, -0.1) is 0 Å². The van der Waals surface area contributed by atoms with Crippen LogP contribution in [0, 0.1) is 29.4 Å². The summed E-state index contributed by atoms with van der Waals surface area (Å²) in [7, 11) is -4.08. The van der Waals surface area contributed by atoms with Crippen LogP contribution in [0.1, 0.15) is 43.0 Å². The number of benzene rings is 2. The normalized spacial score (nSPS) is 23.9. The molecule has 8 heteroatoms. The zero-order chi connectivity index (χ0) is 21.5. The average molecular weight is 435 g/mol. The Morgan fingerprint density at radius 1 is 1.03 bits per heavy atom. The number of hydrogen-bond donors (Lipinski definition) is 2. The summed E-state index contributed by atoms with van der Waals surface area (Å²) in [6.07, 6.45) is 5.01. The maximum Gasteiger partial charge on any atom is 0.261 e. The second-order valence-electron chi connectivity index (χ2n) is 8.36. The van der Waals surface area contributed by atoms with E-state index in [9.17, 15) is 22.0 Å². The molecule has 0 aromatic heterocycles. The van der Waals surface area contributed by atoms with Crippen LogP contribution in [0.3, 0.4) is 0 Å². The van der Waals surface area contributed by atoms with Crippen molar-refractivity contribution < 1.29 is 22.0 Å². The molecule has 2 saturated carbocycles. The molecule has 4 unspecified atom stereocenters. The van der Waals surface area contributed by atoms with E-state index in [1.807, 2.05) is 6.92 Å². The van der Waals surface area contributed by atoms with Crippen LogP contribution < -0.4 is 10.0 Å². The summed E-state index contributed by atoms with van der Waals surface area (Å²) in [6.45, 7) is 2.05. The molecule has 0 saturated heterocycles. The fraction of sp³-hybridized carbons (Fsp3) is 0.409. The lowest BCUT2D eigenvalue weighted by molar-refractivity contribution is 0.0915. The van der Waals surface area contributed by atoms with E-state index in [1.54, 1.807) is 0 Å². The highest BCUT2D eigenvalue weighted by molar-refractivity contribution is 7.92. The topological polar surface area (TPSA) is 75.3 Å². The van der Waals surface area contributed by atoms with Crippen molar-refractivity contribution in [3.05, 3.63) is 59.7 Å². The van der Waals surface area contributed by atoms with Crippen molar-refractivity contribution in [3.8, 4) is 0 Å². The first kappa shape index (κ1) is 20.8. The quantitative estimate of drug-likeness (QED) is 0.711. The highest BCUT2D eigenvalue weighted by atomic mass is 32.2. The maximum absolute atomic E-state index is 13.3. The number of sulfonamides is 1. The molecule has 0 spiro atoms. The molecular weight excluding hydrogens is 410 g/mol. The number of amides is 1. The summed E-state index contributed by atoms with van der Waals surface area (Å²) in [5.74, 6) is -0.520. The summed E-state index contributed by atoms with van der Waals surface area (Å²) < 4.78 is 53.4. The van der Waals surface area contributed by atoms with E-state index in [0.717, 1.165) is 18.1 Å². The third kappa shape index (κ3) is 4.19. The highest BCUT2D eigenvalue weighted by Crippen LogP contribution is 2.49. The fourth-order valence-corrected chi connectivity index (χ4v) is 5.92. The molecule has 2 aromatic rings. The minimum absolute atomic E-state index is 0.0966. The Morgan fingerprint density at radius 3 is 2.37 bits per heavy atom. The molecule has 0 heterocycles. The van der Waals surface area contributed by atoms with Gasteiger partial charge in [-0.3, -0.25) is 9.52 Å². The Bertz CT molecular complexity index is 1060. The van der Waals surface area contributed by atoms with Crippen molar-refractivity contribution in [2.75, 3.05) is 4.72 Å². The predicted molar refractivity (Wildman–Crippen MR) is 109 cm³/mol. The number of fused-ring (bicyclic) bond motifs is 2. The van der Waals surface area contributed by atoms with Crippen molar-refractivity contribution in [1.82, 2.24) is 5.32 Å². The monoisotopic (exact) mass is 434 g/mol. The molecule has 0 radical (unpaired) electrons. The molecule has 2 aromatic carbocycles. The Labute approximate surface area is 174 Å². The Kier molecular flexibility index (Phi) is 5.53. The lowest BCUT2D eigenvalue weighted by Crippen LogP contribution is -2.40. The largest absolute Gasteiger partial charge is 0.349 e. The van der Waals surface area contributed by atoms with E-state index >= 15 is 0 Å². The second-order valence-corrected chi connectivity index (χ2v) is 10.0. The molecule has 4 atom stereocenters. The maximum atomic E-state index is 13.3. The lowest BCUT2D eigenvalue weighted by Gasteiger charge is -2.28. The van der Waals surface area contributed by atoms with Gasteiger partial charge >= 0.3 is 0 Å². The fourth-order valence-electron chi connectivity index (χ4n) is 4.85. The van der Waals surface area contributed by atoms with Crippen LogP contribution in [0.15, 0.2) is 47.4 Å².